The van der Waals surface area contributed by atoms with Crippen molar-refractivity contribution >= 4 is 11.9 Å². The number of rotatable bonds is 48. The molecular weight excluding hydrogens is 755 g/mol. The minimum Gasteiger partial charge on any atom is -0.466 e. The number of carbonyl (C=O) groups excluding carboxylic acids is 2. The first kappa shape index (κ1) is 58.8. The molecule has 0 rings (SSSR count). The molecule has 0 fully saturated rings. The lowest BCUT2D eigenvalue weighted by atomic mass is 10.0. The van der Waals surface area contributed by atoms with Crippen molar-refractivity contribution in [2.75, 3.05) is 13.2 Å². The fourth-order valence-electron chi connectivity index (χ4n) is 7.74. The van der Waals surface area contributed by atoms with Crippen LogP contribution in [0.15, 0.2) is 48.6 Å². The first-order chi connectivity index (χ1) is 30.0. The average molecular weight is 856 g/mol. The number of unbranched alkanes of at least 4 members (excludes halogenated alkanes) is 31. The summed E-state index contributed by atoms with van der Waals surface area (Å²) in [5.74, 6) is -0.176. The number of hydrogen-bond donors (Lipinski definition) is 3. The highest BCUT2D eigenvalue weighted by atomic mass is 16.5. The van der Waals surface area contributed by atoms with Gasteiger partial charge in [0.25, 0.3) is 0 Å². The van der Waals surface area contributed by atoms with Crippen molar-refractivity contribution in [2.45, 2.75) is 276 Å². The lowest BCUT2D eigenvalue weighted by Gasteiger charge is -2.19. The summed E-state index contributed by atoms with van der Waals surface area (Å²) < 4.78 is 5.45. The van der Waals surface area contributed by atoms with Crippen LogP contribution in [0.25, 0.3) is 0 Å². The lowest BCUT2D eigenvalue weighted by Crippen LogP contribution is -2.45. The average Bonchev–Trinajstić information content (AvgIpc) is 3.26. The molecule has 0 spiro atoms. The number of allylic oxidation sites excluding steroid dienone is 7. The van der Waals surface area contributed by atoms with Gasteiger partial charge >= 0.3 is 5.97 Å². The first-order valence-electron chi connectivity index (χ1n) is 26.4. The van der Waals surface area contributed by atoms with E-state index in [1.165, 1.54) is 180 Å². The molecule has 0 radical (unpaired) electrons. The summed E-state index contributed by atoms with van der Waals surface area (Å²) in [6, 6.07) is -0.672. The molecule has 0 saturated heterocycles. The summed E-state index contributed by atoms with van der Waals surface area (Å²) in [5, 5.41) is 23.0. The predicted molar refractivity (Wildman–Crippen MR) is 264 cm³/mol. The van der Waals surface area contributed by atoms with Crippen LogP contribution in [0.1, 0.15) is 264 Å². The molecule has 0 bridgehead atoms. The molecule has 0 aliphatic carbocycles. The van der Waals surface area contributed by atoms with Crippen LogP contribution in [-0.2, 0) is 14.3 Å². The van der Waals surface area contributed by atoms with Crippen LogP contribution in [0.4, 0.5) is 0 Å². The molecule has 2 unspecified atom stereocenters. The number of esters is 1. The molecule has 0 heterocycles. The fourth-order valence-corrected chi connectivity index (χ4v) is 7.74. The zero-order valence-electron chi connectivity index (χ0n) is 40.4. The highest BCUT2D eigenvalue weighted by Crippen LogP contribution is 2.15. The standard InChI is InChI=1S/C55H101NO5/c1-3-5-7-9-11-13-15-17-19-21-25-29-33-37-41-45-49-55(60)61-50-46-42-38-34-30-26-22-24-28-32-36-40-44-48-54(59)56-52(51-57)53(58)47-43-39-35-31-27-23-20-18-16-14-12-10-8-6-4-2/h19,21,24,28,36,40,43,47,52-53,57-58H,3-18,20,22-23,25-27,29-35,37-39,41-42,44-46,48-51H2,1-2H3,(H,56,59)/b21-19-,28-24-,40-36-,47-43+. The quantitative estimate of drug-likeness (QED) is 0.0322. The normalized spacial score (nSPS) is 13.0. The van der Waals surface area contributed by atoms with E-state index in [1.54, 1.807) is 6.08 Å². The van der Waals surface area contributed by atoms with Gasteiger partial charge in [0.05, 0.1) is 25.4 Å². The molecule has 0 aliphatic heterocycles. The van der Waals surface area contributed by atoms with Crippen LogP contribution < -0.4 is 5.32 Å². The summed E-state index contributed by atoms with van der Waals surface area (Å²) in [7, 11) is 0. The van der Waals surface area contributed by atoms with Crippen LogP contribution in [0.3, 0.4) is 0 Å². The Hall–Kier alpha value is -2.18. The molecule has 356 valence electrons. The summed E-state index contributed by atoms with van der Waals surface area (Å²) in [5.41, 5.74) is 0. The minimum absolute atomic E-state index is 0.0266. The number of amides is 1. The van der Waals surface area contributed by atoms with Gasteiger partial charge in [-0.1, -0.05) is 223 Å². The second kappa shape index (κ2) is 50.5. The Morgan fingerprint density at radius 1 is 0.459 bits per heavy atom. The molecule has 0 aromatic rings. The van der Waals surface area contributed by atoms with Crippen LogP contribution >= 0.6 is 0 Å². The first-order valence-corrected chi connectivity index (χ1v) is 26.4. The number of hydrogen-bond acceptors (Lipinski definition) is 5. The third kappa shape index (κ3) is 47.1. The van der Waals surface area contributed by atoms with Gasteiger partial charge in [0.1, 0.15) is 0 Å². The van der Waals surface area contributed by atoms with Crippen LogP contribution in [-0.4, -0.2) is 47.4 Å². The number of carbonyl (C=O) groups is 2. The molecule has 0 aromatic carbocycles. The van der Waals surface area contributed by atoms with Gasteiger partial charge in [-0.25, -0.2) is 0 Å². The fraction of sp³-hybridized carbons (Fsp3) is 0.818. The molecule has 0 aromatic heterocycles. The van der Waals surface area contributed by atoms with E-state index in [0.29, 0.717) is 25.9 Å². The SMILES string of the molecule is CCCCCCCCC/C=C\CCCCCCCC(=O)OCCCCCCCC/C=C\C/C=C\CCC(=O)NC(CO)C(O)/C=C/CCCCCCCCCCCCCCC. The number of aliphatic hydroxyl groups is 2. The van der Waals surface area contributed by atoms with E-state index in [0.717, 1.165) is 51.4 Å². The Bertz CT molecular complexity index is 1040. The summed E-state index contributed by atoms with van der Waals surface area (Å²) in [6.45, 7) is 4.82. The topological polar surface area (TPSA) is 95.9 Å². The van der Waals surface area contributed by atoms with E-state index < -0.39 is 12.1 Å². The zero-order valence-corrected chi connectivity index (χ0v) is 40.4. The van der Waals surface area contributed by atoms with E-state index in [-0.39, 0.29) is 18.5 Å². The van der Waals surface area contributed by atoms with Crippen molar-refractivity contribution < 1.29 is 24.5 Å². The summed E-state index contributed by atoms with van der Waals surface area (Å²) in [6.07, 6.45) is 62.7. The van der Waals surface area contributed by atoms with E-state index >= 15 is 0 Å². The number of ether oxygens (including phenoxy) is 1. The van der Waals surface area contributed by atoms with Gasteiger partial charge in [-0.15, -0.1) is 0 Å². The van der Waals surface area contributed by atoms with Crippen molar-refractivity contribution in [1.82, 2.24) is 5.32 Å². The van der Waals surface area contributed by atoms with Crippen molar-refractivity contribution in [3.63, 3.8) is 0 Å². The molecule has 0 aliphatic rings. The van der Waals surface area contributed by atoms with Gasteiger partial charge < -0.3 is 20.3 Å². The van der Waals surface area contributed by atoms with Gasteiger partial charge in [-0.3, -0.25) is 9.59 Å². The third-order valence-electron chi connectivity index (χ3n) is 11.8. The molecule has 6 nitrogen and oxygen atoms in total. The molecule has 6 heteroatoms. The highest BCUT2D eigenvalue weighted by molar-refractivity contribution is 5.76. The lowest BCUT2D eigenvalue weighted by molar-refractivity contribution is -0.143. The number of aliphatic hydroxyl groups excluding tert-OH is 2. The Morgan fingerprint density at radius 3 is 1.30 bits per heavy atom. The Morgan fingerprint density at radius 2 is 0.836 bits per heavy atom. The molecule has 2 atom stereocenters. The van der Waals surface area contributed by atoms with Crippen molar-refractivity contribution in [3.8, 4) is 0 Å². The van der Waals surface area contributed by atoms with E-state index in [4.69, 9.17) is 4.74 Å². The van der Waals surface area contributed by atoms with E-state index in [9.17, 15) is 19.8 Å². The summed E-state index contributed by atoms with van der Waals surface area (Å²) in [4.78, 5) is 24.4. The number of nitrogens with one attached hydrogen (secondary N) is 1. The molecule has 1 amide bonds. The molecule has 3 N–H and O–H groups in total. The Kier molecular flexibility index (Phi) is 48.7. The van der Waals surface area contributed by atoms with Crippen molar-refractivity contribution in [2.24, 2.45) is 0 Å². The Balaban J connectivity index is 3.59. The second-order valence-electron chi connectivity index (χ2n) is 17.8. The van der Waals surface area contributed by atoms with Gasteiger partial charge in [0.15, 0.2) is 0 Å². The van der Waals surface area contributed by atoms with E-state index in [2.05, 4.69) is 49.5 Å². The second-order valence-corrected chi connectivity index (χ2v) is 17.8. The highest BCUT2D eigenvalue weighted by Gasteiger charge is 2.17. The van der Waals surface area contributed by atoms with Gasteiger partial charge in [0.2, 0.25) is 5.91 Å². The van der Waals surface area contributed by atoms with Crippen LogP contribution in [0.5, 0.6) is 0 Å². The smallest absolute Gasteiger partial charge is 0.305 e. The largest absolute Gasteiger partial charge is 0.466 e. The maximum atomic E-state index is 12.4. The van der Waals surface area contributed by atoms with Crippen LogP contribution in [0.2, 0.25) is 0 Å². The Labute approximate surface area is 378 Å². The van der Waals surface area contributed by atoms with Crippen molar-refractivity contribution in [1.29, 1.82) is 0 Å². The molecular formula is C55H101NO5. The van der Waals surface area contributed by atoms with E-state index in [1.807, 2.05) is 12.2 Å². The van der Waals surface area contributed by atoms with Gasteiger partial charge in [-0.2, -0.15) is 0 Å². The molecule has 61 heavy (non-hydrogen) atoms. The van der Waals surface area contributed by atoms with Crippen molar-refractivity contribution in [3.05, 3.63) is 48.6 Å². The third-order valence-corrected chi connectivity index (χ3v) is 11.8. The molecule has 0 saturated carbocycles. The zero-order chi connectivity index (χ0) is 44.4. The monoisotopic (exact) mass is 856 g/mol. The predicted octanol–water partition coefficient (Wildman–Crippen LogP) is 15.8. The minimum atomic E-state index is -0.880. The van der Waals surface area contributed by atoms with Gasteiger partial charge in [-0.05, 0) is 77.0 Å². The van der Waals surface area contributed by atoms with Gasteiger partial charge in [0, 0.05) is 12.8 Å². The maximum Gasteiger partial charge on any atom is 0.305 e. The maximum absolute atomic E-state index is 12.4. The van der Waals surface area contributed by atoms with Crippen LogP contribution in [0, 0.1) is 0 Å². The summed E-state index contributed by atoms with van der Waals surface area (Å²) >= 11 is 0.